The van der Waals surface area contributed by atoms with Crippen LogP contribution in [0.25, 0.3) is 0 Å². The van der Waals surface area contributed by atoms with E-state index in [2.05, 4.69) is 0 Å². The summed E-state index contributed by atoms with van der Waals surface area (Å²) in [6.07, 6.45) is 1.08. The second-order valence-electron chi connectivity index (χ2n) is 7.72. The first-order chi connectivity index (χ1) is 14.0. The summed E-state index contributed by atoms with van der Waals surface area (Å²) in [7, 11) is 0. The number of carbonyl (C=O) groups is 2. The van der Waals surface area contributed by atoms with Gasteiger partial charge < -0.3 is 19.5 Å². The lowest BCUT2D eigenvalue weighted by Crippen LogP contribution is -2.38. The average molecular weight is 397 g/mol. The van der Waals surface area contributed by atoms with Crippen LogP contribution in [0, 0.1) is 11.7 Å². The molecule has 2 aromatic rings. The van der Waals surface area contributed by atoms with Crippen molar-refractivity contribution in [3.8, 4) is 11.5 Å². The minimum Gasteiger partial charge on any atom is -0.486 e. The average Bonchev–Trinajstić information content (AvgIpc) is 3.53. The van der Waals surface area contributed by atoms with Crippen molar-refractivity contribution in [1.82, 2.24) is 4.90 Å². The van der Waals surface area contributed by atoms with Gasteiger partial charge in [0.25, 0.3) is 0 Å². The van der Waals surface area contributed by atoms with E-state index < -0.39 is 11.8 Å². The third kappa shape index (κ3) is 3.10. The van der Waals surface area contributed by atoms with E-state index in [0.717, 1.165) is 17.7 Å². The highest BCUT2D eigenvalue weighted by molar-refractivity contribution is 5.90. The number of hydrogen-bond donors (Lipinski definition) is 1. The molecule has 2 unspecified atom stereocenters. The lowest BCUT2D eigenvalue weighted by Gasteiger charge is -2.30. The SMILES string of the molecule is O=C(O)c1ccc(F)c2c1CN(C(=O)C1CC1c1ccc3c(c1)OCCO3)CC2. The quantitative estimate of drug-likeness (QED) is 0.862. The van der Waals surface area contributed by atoms with Crippen LogP contribution in [0.3, 0.4) is 0 Å². The van der Waals surface area contributed by atoms with E-state index in [4.69, 9.17) is 9.47 Å². The number of carboxylic acids is 1. The Hall–Kier alpha value is -3.09. The van der Waals surface area contributed by atoms with Crippen molar-refractivity contribution < 1.29 is 28.6 Å². The fourth-order valence-electron chi connectivity index (χ4n) is 4.38. The summed E-state index contributed by atoms with van der Waals surface area (Å²) in [5, 5.41) is 9.42. The van der Waals surface area contributed by atoms with Gasteiger partial charge in [-0.3, -0.25) is 4.79 Å². The number of halogens is 1. The Bertz CT molecular complexity index is 1020. The Morgan fingerprint density at radius 3 is 2.66 bits per heavy atom. The second kappa shape index (κ2) is 6.76. The van der Waals surface area contributed by atoms with E-state index in [1.54, 1.807) is 4.90 Å². The number of nitrogens with zero attached hydrogens (tertiary/aromatic N) is 1. The molecule has 6 nitrogen and oxygen atoms in total. The van der Waals surface area contributed by atoms with E-state index in [0.29, 0.717) is 43.1 Å². The molecule has 1 N–H and O–H groups in total. The number of carboxylic acid groups (broad SMARTS) is 1. The molecule has 1 saturated carbocycles. The smallest absolute Gasteiger partial charge is 0.336 e. The van der Waals surface area contributed by atoms with Crippen LogP contribution in [-0.2, 0) is 17.8 Å². The third-order valence-electron chi connectivity index (χ3n) is 6.00. The molecule has 2 heterocycles. The van der Waals surface area contributed by atoms with Crippen LogP contribution in [-0.4, -0.2) is 41.6 Å². The van der Waals surface area contributed by atoms with Crippen LogP contribution >= 0.6 is 0 Å². The molecule has 150 valence electrons. The molecule has 2 atom stereocenters. The second-order valence-corrected chi connectivity index (χ2v) is 7.72. The van der Waals surface area contributed by atoms with Crippen molar-refractivity contribution in [3.63, 3.8) is 0 Å². The van der Waals surface area contributed by atoms with Gasteiger partial charge in [-0.2, -0.15) is 0 Å². The molecule has 0 saturated heterocycles. The molecular formula is C22H20FNO5. The summed E-state index contributed by atoms with van der Waals surface area (Å²) in [4.78, 5) is 26.2. The lowest BCUT2D eigenvalue weighted by molar-refractivity contribution is -0.133. The molecule has 0 aromatic heterocycles. The van der Waals surface area contributed by atoms with Gasteiger partial charge in [0.2, 0.25) is 5.91 Å². The first-order valence-electron chi connectivity index (χ1n) is 9.75. The van der Waals surface area contributed by atoms with E-state index in [9.17, 15) is 19.1 Å². The number of amides is 1. The summed E-state index contributed by atoms with van der Waals surface area (Å²) in [6, 6.07) is 8.26. The van der Waals surface area contributed by atoms with Crippen molar-refractivity contribution >= 4 is 11.9 Å². The summed E-state index contributed by atoms with van der Waals surface area (Å²) < 4.78 is 25.3. The van der Waals surface area contributed by atoms with Crippen LogP contribution in [0.2, 0.25) is 0 Å². The number of benzene rings is 2. The number of aromatic carboxylic acids is 1. The molecule has 5 rings (SSSR count). The summed E-state index contributed by atoms with van der Waals surface area (Å²) in [5.74, 6) is -0.100. The predicted molar refractivity (Wildman–Crippen MR) is 101 cm³/mol. The third-order valence-corrected chi connectivity index (χ3v) is 6.00. The zero-order valence-corrected chi connectivity index (χ0v) is 15.7. The standard InChI is InChI=1S/C22H20FNO5/c23-18-3-2-14(22(26)27)17-11-24(6-5-13(17)18)21(25)16-10-15(16)12-1-4-19-20(9-12)29-8-7-28-19/h1-4,9,15-16H,5-8,10-11H2,(H,26,27). The molecule has 1 fully saturated rings. The maximum atomic E-state index is 14.1. The molecule has 3 aliphatic rings. The molecule has 2 aromatic carbocycles. The lowest BCUT2D eigenvalue weighted by atomic mass is 9.94. The fourth-order valence-corrected chi connectivity index (χ4v) is 4.38. The monoisotopic (exact) mass is 397 g/mol. The Morgan fingerprint density at radius 2 is 1.86 bits per heavy atom. The molecule has 0 spiro atoms. The molecule has 29 heavy (non-hydrogen) atoms. The van der Waals surface area contributed by atoms with Crippen molar-refractivity contribution in [1.29, 1.82) is 0 Å². The van der Waals surface area contributed by atoms with Crippen molar-refractivity contribution in [2.75, 3.05) is 19.8 Å². The van der Waals surface area contributed by atoms with Gasteiger partial charge in [-0.1, -0.05) is 6.07 Å². The summed E-state index contributed by atoms with van der Waals surface area (Å²) in [5.41, 5.74) is 1.93. The van der Waals surface area contributed by atoms with Gasteiger partial charge in [0.15, 0.2) is 11.5 Å². The summed E-state index contributed by atoms with van der Waals surface area (Å²) >= 11 is 0. The first-order valence-corrected chi connectivity index (χ1v) is 9.75. The zero-order valence-electron chi connectivity index (χ0n) is 15.7. The molecule has 7 heteroatoms. The molecule has 1 aliphatic carbocycles. The molecule has 1 amide bonds. The van der Waals surface area contributed by atoms with Crippen LogP contribution in [0.1, 0.15) is 39.4 Å². The number of hydrogen-bond acceptors (Lipinski definition) is 4. The van der Waals surface area contributed by atoms with Crippen LogP contribution in [0.5, 0.6) is 11.5 Å². The zero-order chi connectivity index (χ0) is 20.1. The number of ether oxygens (including phenoxy) is 2. The Kier molecular flexibility index (Phi) is 4.19. The minimum absolute atomic E-state index is 0.00357. The topological polar surface area (TPSA) is 76.1 Å². The highest BCUT2D eigenvalue weighted by Gasteiger charge is 2.46. The fraction of sp³-hybridized carbons (Fsp3) is 0.364. The maximum absolute atomic E-state index is 14.1. The van der Waals surface area contributed by atoms with Crippen molar-refractivity contribution in [3.05, 3.63) is 58.4 Å². The van der Waals surface area contributed by atoms with Gasteiger partial charge >= 0.3 is 5.97 Å². The Balaban J connectivity index is 1.33. The normalized spacial score (nSPS) is 22.0. The van der Waals surface area contributed by atoms with E-state index in [-0.39, 0.29) is 29.9 Å². The van der Waals surface area contributed by atoms with Crippen LogP contribution < -0.4 is 9.47 Å². The van der Waals surface area contributed by atoms with Crippen molar-refractivity contribution in [2.45, 2.75) is 25.3 Å². The number of fused-ring (bicyclic) bond motifs is 2. The molecule has 0 bridgehead atoms. The van der Waals surface area contributed by atoms with Gasteiger partial charge in [-0.25, -0.2) is 9.18 Å². The van der Waals surface area contributed by atoms with Crippen molar-refractivity contribution in [2.24, 2.45) is 5.92 Å². The summed E-state index contributed by atoms with van der Waals surface area (Å²) in [6.45, 7) is 1.58. The maximum Gasteiger partial charge on any atom is 0.336 e. The highest BCUT2D eigenvalue weighted by atomic mass is 19.1. The van der Waals surface area contributed by atoms with Gasteiger partial charge in [-0.15, -0.1) is 0 Å². The largest absolute Gasteiger partial charge is 0.486 e. The van der Waals surface area contributed by atoms with E-state index in [1.165, 1.54) is 12.1 Å². The Labute approximate surface area is 166 Å². The van der Waals surface area contributed by atoms with Gasteiger partial charge in [0, 0.05) is 19.0 Å². The van der Waals surface area contributed by atoms with E-state index >= 15 is 0 Å². The van der Waals surface area contributed by atoms with E-state index in [1.807, 2.05) is 18.2 Å². The Morgan fingerprint density at radius 1 is 1.07 bits per heavy atom. The molecule has 0 radical (unpaired) electrons. The molecule has 2 aliphatic heterocycles. The van der Waals surface area contributed by atoms with Gasteiger partial charge in [0.05, 0.1) is 5.56 Å². The predicted octanol–water partition coefficient (Wildman–Crippen LogP) is 2.98. The molecular weight excluding hydrogens is 377 g/mol. The van der Waals surface area contributed by atoms with Crippen LogP contribution in [0.4, 0.5) is 4.39 Å². The highest BCUT2D eigenvalue weighted by Crippen LogP contribution is 2.50. The van der Waals surface area contributed by atoms with Gasteiger partial charge in [-0.05, 0) is 59.7 Å². The number of rotatable bonds is 3. The number of carbonyl (C=O) groups excluding carboxylic acids is 1. The van der Waals surface area contributed by atoms with Crippen LogP contribution in [0.15, 0.2) is 30.3 Å². The minimum atomic E-state index is -1.10. The first kappa shape index (κ1) is 18.0. The van der Waals surface area contributed by atoms with Gasteiger partial charge in [0.1, 0.15) is 19.0 Å².